The Balaban J connectivity index is 1.91. The molecule has 0 aromatic carbocycles. The fourth-order valence-electron chi connectivity index (χ4n) is 1.99. The molecule has 0 aromatic rings. The normalized spacial score (nSPS) is 19.3. The maximum atomic E-state index is 11.4. The fraction of sp³-hybridized carbons (Fsp3) is 0.769. The van der Waals surface area contributed by atoms with E-state index in [2.05, 4.69) is 16.6 Å². The van der Waals surface area contributed by atoms with Crippen LogP contribution in [0.3, 0.4) is 0 Å². The molecule has 1 atom stereocenters. The Kier molecular flexibility index (Phi) is 6.67. The van der Waals surface area contributed by atoms with Gasteiger partial charge in [0.15, 0.2) is 0 Å². The molecule has 1 aliphatic heterocycles. The summed E-state index contributed by atoms with van der Waals surface area (Å²) in [5.74, 6) is 2.74. The smallest absolute Gasteiger partial charge is 0.219 e. The van der Waals surface area contributed by atoms with Crippen molar-refractivity contribution < 1.29 is 4.79 Å². The molecular formula is C13H22N2O. The molecule has 1 aliphatic rings. The highest BCUT2D eigenvalue weighted by Gasteiger charge is 2.13. The largest absolute Gasteiger partial charge is 0.356 e. The zero-order chi connectivity index (χ0) is 11.6. The van der Waals surface area contributed by atoms with Gasteiger partial charge >= 0.3 is 0 Å². The van der Waals surface area contributed by atoms with Crippen LogP contribution in [0.4, 0.5) is 0 Å². The first-order valence-electron chi connectivity index (χ1n) is 6.26. The van der Waals surface area contributed by atoms with Crippen LogP contribution >= 0.6 is 0 Å². The second-order valence-corrected chi connectivity index (χ2v) is 4.34. The summed E-state index contributed by atoms with van der Waals surface area (Å²) in [5.41, 5.74) is 0. The number of nitrogens with one attached hydrogen (secondary N) is 2. The summed E-state index contributed by atoms with van der Waals surface area (Å²) in [5, 5.41) is 6.37. The van der Waals surface area contributed by atoms with Crippen LogP contribution in [0.1, 0.15) is 44.9 Å². The van der Waals surface area contributed by atoms with E-state index >= 15 is 0 Å². The fourth-order valence-corrected chi connectivity index (χ4v) is 1.99. The van der Waals surface area contributed by atoms with Gasteiger partial charge in [-0.2, -0.15) is 0 Å². The number of carbonyl (C=O) groups excluding carboxylic acids is 1. The Hall–Kier alpha value is -1.01. The lowest BCUT2D eigenvalue weighted by molar-refractivity contribution is -0.121. The van der Waals surface area contributed by atoms with Gasteiger partial charge in [-0.1, -0.05) is 0 Å². The van der Waals surface area contributed by atoms with Crippen LogP contribution in [0.5, 0.6) is 0 Å². The first-order valence-corrected chi connectivity index (χ1v) is 6.26. The van der Waals surface area contributed by atoms with Crippen LogP contribution in [-0.4, -0.2) is 25.0 Å². The summed E-state index contributed by atoms with van der Waals surface area (Å²) >= 11 is 0. The van der Waals surface area contributed by atoms with Gasteiger partial charge in [0.25, 0.3) is 0 Å². The van der Waals surface area contributed by atoms with E-state index in [0.29, 0.717) is 12.5 Å². The molecule has 0 radical (unpaired) electrons. The van der Waals surface area contributed by atoms with Crippen molar-refractivity contribution in [1.82, 2.24) is 10.6 Å². The molecule has 90 valence electrons. The van der Waals surface area contributed by atoms with Crippen molar-refractivity contribution in [2.24, 2.45) is 0 Å². The molecule has 3 nitrogen and oxygen atoms in total. The van der Waals surface area contributed by atoms with Crippen LogP contribution in [0, 0.1) is 12.3 Å². The Morgan fingerprint density at radius 3 is 3.06 bits per heavy atom. The Labute approximate surface area is 98.4 Å². The van der Waals surface area contributed by atoms with Crippen molar-refractivity contribution in [3.8, 4) is 12.3 Å². The van der Waals surface area contributed by atoms with Crippen LogP contribution < -0.4 is 10.6 Å². The lowest BCUT2D eigenvalue weighted by atomic mass is 10.1. The van der Waals surface area contributed by atoms with Gasteiger partial charge in [0.1, 0.15) is 0 Å². The van der Waals surface area contributed by atoms with Crippen molar-refractivity contribution in [3.63, 3.8) is 0 Å². The molecule has 1 fully saturated rings. The molecule has 0 bridgehead atoms. The molecule has 2 N–H and O–H groups in total. The third-order valence-corrected chi connectivity index (χ3v) is 2.95. The predicted molar refractivity (Wildman–Crippen MR) is 66.0 cm³/mol. The minimum atomic E-state index is 0.162. The van der Waals surface area contributed by atoms with Crippen molar-refractivity contribution in [1.29, 1.82) is 0 Å². The number of rotatable bonds is 7. The summed E-state index contributed by atoms with van der Waals surface area (Å²) in [6, 6.07) is 0.613. The number of carbonyl (C=O) groups is 1. The van der Waals surface area contributed by atoms with Crippen LogP contribution in [-0.2, 0) is 4.79 Å². The molecule has 16 heavy (non-hydrogen) atoms. The Morgan fingerprint density at radius 2 is 2.38 bits per heavy atom. The van der Waals surface area contributed by atoms with E-state index in [9.17, 15) is 4.79 Å². The monoisotopic (exact) mass is 222 g/mol. The summed E-state index contributed by atoms with van der Waals surface area (Å²) < 4.78 is 0. The molecule has 0 aromatic heterocycles. The third kappa shape index (κ3) is 5.77. The van der Waals surface area contributed by atoms with E-state index in [-0.39, 0.29) is 5.91 Å². The van der Waals surface area contributed by atoms with Gasteiger partial charge in [0.05, 0.1) is 0 Å². The van der Waals surface area contributed by atoms with E-state index in [1.165, 1.54) is 12.8 Å². The van der Waals surface area contributed by atoms with Crippen molar-refractivity contribution in [2.75, 3.05) is 13.1 Å². The van der Waals surface area contributed by atoms with E-state index in [4.69, 9.17) is 6.42 Å². The molecule has 1 saturated heterocycles. The first-order chi connectivity index (χ1) is 7.83. The van der Waals surface area contributed by atoms with Gasteiger partial charge in [0.2, 0.25) is 5.91 Å². The zero-order valence-electron chi connectivity index (χ0n) is 9.93. The topological polar surface area (TPSA) is 41.1 Å². The minimum Gasteiger partial charge on any atom is -0.356 e. The molecule has 1 rings (SSSR count). The summed E-state index contributed by atoms with van der Waals surface area (Å²) in [4.78, 5) is 11.4. The maximum Gasteiger partial charge on any atom is 0.219 e. The summed E-state index contributed by atoms with van der Waals surface area (Å²) in [7, 11) is 0. The van der Waals surface area contributed by atoms with Gasteiger partial charge in [-0.3, -0.25) is 4.79 Å². The number of hydrogen-bond donors (Lipinski definition) is 2. The van der Waals surface area contributed by atoms with Gasteiger partial charge in [0, 0.05) is 25.4 Å². The van der Waals surface area contributed by atoms with E-state index in [1.54, 1.807) is 0 Å². The SMILES string of the molecule is C#CCCCCC(=O)NCC[C@@H]1CCCN1. The Morgan fingerprint density at radius 1 is 1.50 bits per heavy atom. The van der Waals surface area contributed by atoms with Gasteiger partial charge < -0.3 is 10.6 Å². The first kappa shape index (κ1) is 13.1. The molecule has 1 heterocycles. The van der Waals surface area contributed by atoms with Gasteiger partial charge in [-0.05, 0) is 38.6 Å². The molecule has 0 unspecified atom stereocenters. The molecule has 3 heteroatoms. The van der Waals surface area contributed by atoms with Gasteiger partial charge in [-0.15, -0.1) is 12.3 Å². The average molecular weight is 222 g/mol. The Bertz CT molecular complexity index is 239. The third-order valence-electron chi connectivity index (χ3n) is 2.95. The van der Waals surface area contributed by atoms with Crippen LogP contribution in [0.15, 0.2) is 0 Å². The molecule has 1 amide bonds. The van der Waals surface area contributed by atoms with Crippen LogP contribution in [0.25, 0.3) is 0 Å². The second kappa shape index (κ2) is 8.18. The highest BCUT2D eigenvalue weighted by Crippen LogP contribution is 2.07. The van der Waals surface area contributed by atoms with Crippen LogP contribution in [0.2, 0.25) is 0 Å². The second-order valence-electron chi connectivity index (χ2n) is 4.34. The van der Waals surface area contributed by atoms with E-state index in [1.807, 2.05) is 0 Å². The van der Waals surface area contributed by atoms with Gasteiger partial charge in [-0.25, -0.2) is 0 Å². The highest BCUT2D eigenvalue weighted by atomic mass is 16.1. The molecule has 0 spiro atoms. The highest BCUT2D eigenvalue weighted by molar-refractivity contribution is 5.75. The van der Waals surface area contributed by atoms with Crippen molar-refractivity contribution in [2.45, 2.75) is 51.0 Å². The molecular weight excluding hydrogens is 200 g/mol. The minimum absolute atomic E-state index is 0.162. The quantitative estimate of drug-likeness (QED) is 0.505. The van der Waals surface area contributed by atoms with Crippen molar-refractivity contribution >= 4 is 5.91 Å². The van der Waals surface area contributed by atoms with E-state index in [0.717, 1.165) is 38.8 Å². The summed E-state index contributed by atoms with van der Waals surface area (Å²) in [6.07, 6.45) is 11.9. The number of unbranched alkanes of at least 4 members (excludes halogenated alkanes) is 2. The number of hydrogen-bond acceptors (Lipinski definition) is 2. The average Bonchev–Trinajstić information content (AvgIpc) is 2.77. The summed E-state index contributed by atoms with van der Waals surface area (Å²) in [6.45, 7) is 1.93. The number of terminal acetylenes is 1. The maximum absolute atomic E-state index is 11.4. The molecule has 0 aliphatic carbocycles. The lowest BCUT2D eigenvalue weighted by Crippen LogP contribution is -2.30. The number of amides is 1. The predicted octanol–water partition coefficient (Wildman–Crippen LogP) is 1.44. The van der Waals surface area contributed by atoms with Crippen molar-refractivity contribution in [3.05, 3.63) is 0 Å². The lowest BCUT2D eigenvalue weighted by Gasteiger charge is -2.10. The standard InChI is InChI=1S/C13H22N2O/c1-2-3-4-5-8-13(16)15-11-9-12-7-6-10-14-12/h1,12,14H,3-11H2,(H,15,16)/t12-/m0/s1. The molecule has 0 saturated carbocycles. The zero-order valence-corrected chi connectivity index (χ0v) is 9.93. The van der Waals surface area contributed by atoms with E-state index < -0.39 is 0 Å².